The zero-order valence-corrected chi connectivity index (χ0v) is 17.9. The molecular formula is C22H36N2OS. The molecule has 4 heteroatoms. The molecule has 1 saturated carbocycles. The predicted molar refractivity (Wildman–Crippen MR) is 115 cm³/mol. The average molecular weight is 377 g/mol. The lowest BCUT2D eigenvalue weighted by molar-refractivity contribution is 0.237. The standard InChI is InChI=1S/C22H36N2OS/c1-5-8-9-17-14-18(6-2)21(19(7-3)15-17)24(26)22(25)23-20-12-10-16(4)11-13-20/h14-16,20,26H,5-13H2,1-4H3,(H,23,25). The van der Waals surface area contributed by atoms with Crippen LogP contribution in [-0.2, 0) is 19.3 Å². The normalized spacial score (nSPS) is 20.0. The smallest absolute Gasteiger partial charge is 0.332 e. The van der Waals surface area contributed by atoms with E-state index >= 15 is 0 Å². The number of urea groups is 1. The number of amides is 2. The number of nitrogens with zero attached hydrogens (tertiary/aromatic N) is 1. The van der Waals surface area contributed by atoms with Crippen molar-refractivity contribution in [1.82, 2.24) is 5.32 Å². The zero-order valence-electron chi connectivity index (χ0n) is 17.0. The number of unbranched alkanes of at least 4 members (excludes halogenated alkanes) is 1. The predicted octanol–water partition coefficient (Wildman–Crippen LogP) is 6.09. The van der Waals surface area contributed by atoms with Crippen LogP contribution in [0.1, 0.15) is 82.9 Å². The van der Waals surface area contributed by atoms with Gasteiger partial charge >= 0.3 is 6.03 Å². The molecule has 1 aliphatic carbocycles. The van der Waals surface area contributed by atoms with E-state index in [0.29, 0.717) is 0 Å². The minimum absolute atomic E-state index is 0.0846. The van der Waals surface area contributed by atoms with Crippen LogP contribution < -0.4 is 9.62 Å². The maximum Gasteiger partial charge on any atom is 0.332 e. The number of aryl methyl sites for hydroxylation is 3. The number of carbonyl (C=O) groups is 1. The maximum absolute atomic E-state index is 12.8. The second-order valence-electron chi connectivity index (χ2n) is 7.79. The topological polar surface area (TPSA) is 32.3 Å². The summed E-state index contributed by atoms with van der Waals surface area (Å²) >= 11 is 4.61. The molecule has 0 spiro atoms. The van der Waals surface area contributed by atoms with Crippen molar-refractivity contribution >= 4 is 24.5 Å². The van der Waals surface area contributed by atoms with Gasteiger partial charge in [0.25, 0.3) is 0 Å². The largest absolute Gasteiger partial charge is 0.334 e. The number of anilines is 1. The van der Waals surface area contributed by atoms with Crippen LogP contribution in [0.15, 0.2) is 12.1 Å². The lowest BCUT2D eigenvalue weighted by Crippen LogP contribution is -2.43. The fourth-order valence-corrected chi connectivity index (χ4v) is 4.22. The Bertz CT molecular complexity index is 569. The molecule has 0 saturated heterocycles. The zero-order chi connectivity index (χ0) is 19.1. The van der Waals surface area contributed by atoms with Crippen molar-refractivity contribution in [2.24, 2.45) is 5.92 Å². The van der Waals surface area contributed by atoms with Crippen molar-refractivity contribution in [2.75, 3.05) is 4.31 Å². The number of rotatable bonds is 7. The van der Waals surface area contributed by atoms with E-state index in [1.165, 1.54) is 42.4 Å². The monoisotopic (exact) mass is 376 g/mol. The second-order valence-corrected chi connectivity index (χ2v) is 8.19. The molecule has 26 heavy (non-hydrogen) atoms. The van der Waals surface area contributed by atoms with E-state index < -0.39 is 0 Å². The summed E-state index contributed by atoms with van der Waals surface area (Å²) in [7, 11) is 0. The highest BCUT2D eigenvalue weighted by atomic mass is 32.1. The average Bonchev–Trinajstić information content (AvgIpc) is 2.66. The molecular weight excluding hydrogens is 340 g/mol. The Balaban J connectivity index is 2.17. The lowest BCUT2D eigenvalue weighted by Gasteiger charge is -2.30. The number of hydrogen-bond acceptors (Lipinski definition) is 2. The molecule has 3 nitrogen and oxygen atoms in total. The molecule has 1 N–H and O–H groups in total. The van der Waals surface area contributed by atoms with Crippen molar-refractivity contribution in [3.05, 3.63) is 28.8 Å². The summed E-state index contributed by atoms with van der Waals surface area (Å²) in [6.45, 7) is 8.83. The van der Waals surface area contributed by atoms with Crippen LogP contribution in [-0.4, -0.2) is 12.1 Å². The molecule has 0 radical (unpaired) electrons. The van der Waals surface area contributed by atoms with E-state index in [4.69, 9.17) is 0 Å². The van der Waals surface area contributed by atoms with Gasteiger partial charge in [-0.25, -0.2) is 9.10 Å². The minimum atomic E-state index is -0.0846. The molecule has 0 unspecified atom stereocenters. The number of nitrogens with one attached hydrogen (secondary N) is 1. The fourth-order valence-electron chi connectivity index (χ4n) is 3.91. The summed E-state index contributed by atoms with van der Waals surface area (Å²) in [5, 5.41) is 3.20. The second kappa shape index (κ2) is 10.2. The molecule has 0 bridgehead atoms. The number of thiol groups is 1. The third kappa shape index (κ3) is 5.42. The van der Waals surface area contributed by atoms with Gasteiger partial charge in [0.2, 0.25) is 0 Å². The van der Waals surface area contributed by atoms with Crippen molar-refractivity contribution in [3.8, 4) is 0 Å². The van der Waals surface area contributed by atoms with Crippen LogP contribution in [0, 0.1) is 5.92 Å². The Kier molecular flexibility index (Phi) is 8.33. The first-order valence-corrected chi connectivity index (χ1v) is 10.8. The van der Waals surface area contributed by atoms with Crippen LogP contribution in [0.3, 0.4) is 0 Å². The van der Waals surface area contributed by atoms with Gasteiger partial charge in [0.05, 0.1) is 5.69 Å². The number of carbonyl (C=O) groups excluding carboxylic acids is 1. The molecule has 2 rings (SSSR count). The Hall–Kier alpha value is -1.16. The Morgan fingerprint density at radius 2 is 1.69 bits per heavy atom. The third-order valence-electron chi connectivity index (χ3n) is 5.66. The molecule has 2 amide bonds. The van der Waals surface area contributed by atoms with Gasteiger partial charge < -0.3 is 5.32 Å². The lowest BCUT2D eigenvalue weighted by atomic mass is 9.87. The van der Waals surface area contributed by atoms with Gasteiger partial charge in [0.1, 0.15) is 0 Å². The van der Waals surface area contributed by atoms with Gasteiger partial charge in [-0.15, -0.1) is 0 Å². The summed E-state index contributed by atoms with van der Waals surface area (Å²) in [4.78, 5) is 12.8. The van der Waals surface area contributed by atoms with Crippen molar-refractivity contribution in [1.29, 1.82) is 0 Å². The number of benzene rings is 1. The Labute approximate surface area is 165 Å². The first-order chi connectivity index (χ1) is 12.5. The molecule has 1 aromatic carbocycles. The van der Waals surface area contributed by atoms with Crippen LogP contribution >= 0.6 is 12.8 Å². The SMILES string of the molecule is CCCCc1cc(CC)c(N(S)C(=O)NC2CCC(C)CC2)c(CC)c1. The van der Waals surface area contributed by atoms with Crippen LogP contribution in [0.4, 0.5) is 10.5 Å². The van der Waals surface area contributed by atoms with Gasteiger partial charge in [-0.3, -0.25) is 0 Å². The van der Waals surface area contributed by atoms with Gasteiger partial charge in [-0.2, -0.15) is 0 Å². The quantitative estimate of drug-likeness (QED) is 0.554. The van der Waals surface area contributed by atoms with E-state index in [9.17, 15) is 4.79 Å². The Morgan fingerprint density at radius 1 is 1.12 bits per heavy atom. The highest BCUT2D eigenvalue weighted by molar-refractivity contribution is 7.82. The highest BCUT2D eigenvalue weighted by Crippen LogP contribution is 2.31. The van der Waals surface area contributed by atoms with E-state index in [-0.39, 0.29) is 12.1 Å². The molecule has 0 heterocycles. The van der Waals surface area contributed by atoms with Gasteiger partial charge in [-0.1, -0.05) is 59.1 Å². The summed E-state index contributed by atoms with van der Waals surface area (Å²) < 4.78 is 1.55. The third-order valence-corrected chi connectivity index (χ3v) is 6.04. The van der Waals surface area contributed by atoms with Gasteiger partial charge in [-0.05, 0) is 74.0 Å². The van der Waals surface area contributed by atoms with E-state index in [1.807, 2.05) is 0 Å². The summed E-state index contributed by atoms with van der Waals surface area (Å²) in [6, 6.07) is 4.73. The number of hydrogen-bond donors (Lipinski definition) is 2. The van der Waals surface area contributed by atoms with E-state index in [1.54, 1.807) is 4.31 Å². The molecule has 1 fully saturated rings. The van der Waals surface area contributed by atoms with Crippen LogP contribution in [0.5, 0.6) is 0 Å². The molecule has 0 atom stereocenters. The summed E-state index contributed by atoms with van der Waals surface area (Å²) in [5.74, 6) is 0.782. The minimum Gasteiger partial charge on any atom is -0.334 e. The summed E-state index contributed by atoms with van der Waals surface area (Å²) in [6.07, 6.45) is 9.88. The fraction of sp³-hybridized carbons (Fsp3) is 0.682. The first-order valence-electron chi connectivity index (χ1n) is 10.4. The van der Waals surface area contributed by atoms with E-state index in [0.717, 1.165) is 43.7 Å². The molecule has 0 aliphatic heterocycles. The van der Waals surface area contributed by atoms with Crippen LogP contribution in [0.25, 0.3) is 0 Å². The van der Waals surface area contributed by atoms with E-state index in [2.05, 4.69) is 58.0 Å². The van der Waals surface area contributed by atoms with Crippen molar-refractivity contribution in [2.45, 2.75) is 91.5 Å². The maximum atomic E-state index is 12.8. The molecule has 1 aliphatic rings. The van der Waals surface area contributed by atoms with Crippen LogP contribution in [0.2, 0.25) is 0 Å². The van der Waals surface area contributed by atoms with Gasteiger partial charge in [0, 0.05) is 6.04 Å². The first kappa shape index (κ1) is 21.1. The van der Waals surface area contributed by atoms with Crippen molar-refractivity contribution in [3.63, 3.8) is 0 Å². The molecule has 1 aromatic rings. The van der Waals surface area contributed by atoms with Gasteiger partial charge in [0.15, 0.2) is 0 Å². The highest BCUT2D eigenvalue weighted by Gasteiger charge is 2.24. The Morgan fingerprint density at radius 3 is 2.19 bits per heavy atom. The molecule has 146 valence electrons. The van der Waals surface area contributed by atoms with Crippen molar-refractivity contribution < 1.29 is 4.79 Å². The summed E-state index contributed by atoms with van der Waals surface area (Å²) in [5.41, 5.74) is 4.81. The molecule has 0 aromatic heterocycles.